The number of hydrogen-bond acceptors (Lipinski definition) is 6. The Labute approximate surface area is 228 Å². The third-order valence-electron chi connectivity index (χ3n) is 7.27. The number of carbonyl (C=O) groups is 2. The predicted molar refractivity (Wildman–Crippen MR) is 144 cm³/mol. The molecule has 0 saturated carbocycles. The smallest absolute Gasteiger partial charge is 0.273 e. The topological polar surface area (TPSA) is 119 Å². The quantitative estimate of drug-likeness (QED) is 0.355. The fourth-order valence-electron chi connectivity index (χ4n) is 5.20. The molecule has 1 aliphatic rings. The first-order valence-corrected chi connectivity index (χ1v) is 12.8. The van der Waals surface area contributed by atoms with Gasteiger partial charge in [0.2, 0.25) is 5.91 Å². The molecule has 1 aliphatic heterocycles. The van der Waals surface area contributed by atoms with Gasteiger partial charge in [-0.2, -0.15) is 5.10 Å². The van der Waals surface area contributed by atoms with Crippen LogP contribution in [-0.4, -0.2) is 56.0 Å². The van der Waals surface area contributed by atoms with Crippen LogP contribution in [-0.2, 0) is 10.2 Å². The minimum atomic E-state index is -3.18. The number of rotatable bonds is 6. The number of benzene rings is 1. The van der Waals surface area contributed by atoms with E-state index < -0.39 is 23.9 Å². The van der Waals surface area contributed by atoms with E-state index in [-0.39, 0.29) is 22.9 Å². The average Bonchev–Trinajstić information content (AvgIpc) is 3.35. The molecule has 5 rings (SSSR count). The number of aromatic nitrogens is 4. The lowest BCUT2D eigenvalue weighted by atomic mass is 9.78. The highest BCUT2D eigenvalue weighted by Gasteiger charge is 2.38. The molecule has 208 valence electrons. The fraction of sp³-hybridized carbons (Fsp3) is 0.321. The number of anilines is 2. The number of nitrogen functional groups attached to an aromatic ring is 1. The zero-order chi connectivity index (χ0) is 28.6. The third kappa shape index (κ3) is 5.08. The summed E-state index contributed by atoms with van der Waals surface area (Å²) >= 11 is 0. The van der Waals surface area contributed by atoms with Crippen molar-refractivity contribution in [2.75, 3.05) is 24.1 Å². The summed E-state index contributed by atoms with van der Waals surface area (Å²) in [5.74, 6) is -0.279. The predicted octanol–water partition coefficient (Wildman–Crippen LogP) is 4.83. The SMILES string of the molecule is CC(=O)N1CCCC(C)(c2nn(-c3ccc(C(=O)Nc4cc(C(F)C(F)F)ccn4)cc3)c3c(N)nccc23)C1. The largest absolute Gasteiger partial charge is 0.382 e. The van der Waals surface area contributed by atoms with Crippen molar-refractivity contribution < 1.29 is 22.8 Å². The van der Waals surface area contributed by atoms with Gasteiger partial charge < -0.3 is 16.0 Å². The number of likely N-dealkylation sites (tertiary alicyclic amines) is 1. The number of carbonyl (C=O) groups excluding carboxylic acids is 2. The number of pyridine rings is 2. The van der Waals surface area contributed by atoms with Crippen LogP contribution in [0, 0.1) is 0 Å². The molecule has 3 N–H and O–H groups in total. The third-order valence-corrected chi connectivity index (χ3v) is 7.27. The summed E-state index contributed by atoms with van der Waals surface area (Å²) in [5.41, 5.74) is 7.95. The van der Waals surface area contributed by atoms with Crippen LogP contribution in [0.5, 0.6) is 0 Å². The van der Waals surface area contributed by atoms with Crippen LogP contribution in [0.2, 0.25) is 0 Å². The van der Waals surface area contributed by atoms with Crippen LogP contribution >= 0.6 is 0 Å². The van der Waals surface area contributed by atoms with Gasteiger partial charge in [-0.05, 0) is 60.9 Å². The van der Waals surface area contributed by atoms with E-state index in [4.69, 9.17) is 10.8 Å². The van der Waals surface area contributed by atoms with Crippen molar-refractivity contribution in [1.82, 2.24) is 24.6 Å². The lowest BCUT2D eigenvalue weighted by Crippen LogP contribution is -2.46. The van der Waals surface area contributed by atoms with Gasteiger partial charge >= 0.3 is 0 Å². The van der Waals surface area contributed by atoms with E-state index in [1.54, 1.807) is 42.1 Å². The zero-order valence-corrected chi connectivity index (χ0v) is 21.9. The molecule has 1 fully saturated rings. The molecule has 3 aromatic heterocycles. The second kappa shape index (κ2) is 10.6. The molecule has 2 amide bonds. The van der Waals surface area contributed by atoms with Gasteiger partial charge in [0.1, 0.15) is 17.2 Å². The molecule has 1 saturated heterocycles. The number of nitrogens with one attached hydrogen (secondary N) is 1. The molecule has 9 nitrogen and oxygen atoms in total. The van der Waals surface area contributed by atoms with Gasteiger partial charge in [0.05, 0.1) is 11.4 Å². The summed E-state index contributed by atoms with van der Waals surface area (Å²) in [4.78, 5) is 34.9. The molecular formula is C28H28F3N7O2. The Morgan fingerprint density at radius 1 is 1.07 bits per heavy atom. The van der Waals surface area contributed by atoms with Crippen molar-refractivity contribution in [3.8, 4) is 5.69 Å². The molecule has 1 aromatic carbocycles. The van der Waals surface area contributed by atoms with Gasteiger partial charge in [-0.1, -0.05) is 6.92 Å². The zero-order valence-electron chi connectivity index (χ0n) is 21.9. The Kier molecular flexibility index (Phi) is 7.17. The van der Waals surface area contributed by atoms with Crippen molar-refractivity contribution in [1.29, 1.82) is 0 Å². The Hall–Kier alpha value is -4.48. The minimum absolute atomic E-state index is 0.0187. The molecule has 4 heterocycles. The van der Waals surface area contributed by atoms with E-state index in [2.05, 4.69) is 22.2 Å². The molecule has 4 aromatic rings. The van der Waals surface area contributed by atoms with E-state index in [1.807, 2.05) is 11.0 Å². The summed E-state index contributed by atoms with van der Waals surface area (Å²) < 4.78 is 40.9. The second-order valence-electron chi connectivity index (χ2n) is 10.2. The Bertz CT molecular complexity index is 1570. The minimum Gasteiger partial charge on any atom is -0.382 e. The van der Waals surface area contributed by atoms with Crippen LogP contribution in [0.15, 0.2) is 54.9 Å². The van der Waals surface area contributed by atoms with Crippen molar-refractivity contribution in [3.05, 3.63) is 71.7 Å². The molecule has 2 atom stereocenters. The summed E-state index contributed by atoms with van der Waals surface area (Å²) in [6.45, 7) is 4.90. The Morgan fingerprint density at radius 2 is 1.80 bits per heavy atom. The average molecular weight is 552 g/mol. The standard InChI is InChI=1S/C28H28F3N7O2/c1-16(39)37-13-3-10-28(2,15-37)24-20-9-12-34-26(32)23(20)38(36-24)19-6-4-17(5-7-19)27(40)35-21-14-18(8-11-33-21)22(29)25(30)31/h4-9,11-12,14,22,25H,3,10,13,15H2,1-2H3,(H2,32,34)(H,33,35,40). The summed E-state index contributed by atoms with van der Waals surface area (Å²) in [6, 6.07) is 10.6. The highest BCUT2D eigenvalue weighted by atomic mass is 19.3. The molecule has 0 radical (unpaired) electrons. The number of piperidine rings is 1. The molecule has 12 heteroatoms. The monoisotopic (exact) mass is 551 g/mol. The maximum Gasteiger partial charge on any atom is 0.273 e. The molecule has 40 heavy (non-hydrogen) atoms. The number of nitrogens with two attached hydrogens (primary N) is 1. The van der Waals surface area contributed by atoms with Gasteiger partial charge in [0.25, 0.3) is 12.3 Å². The number of hydrogen-bond donors (Lipinski definition) is 2. The van der Waals surface area contributed by atoms with Crippen LogP contribution in [0.1, 0.15) is 54.5 Å². The van der Waals surface area contributed by atoms with Crippen LogP contribution < -0.4 is 11.1 Å². The first-order chi connectivity index (χ1) is 19.1. The number of alkyl halides is 3. The van der Waals surface area contributed by atoms with Gasteiger partial charge in [-0.3, -0.25) is 9.59 Å². The first kappa shape index (κ1) is 27.1. The van der Waals surface area contributed by atoms with E-state index >= 15 is 0 Å². The number of fused-ring (bicyclic) bond motifs is 1. The molecule has 2 unspecified atom stereocenters. The van der Waals surface area contributed by atoms with Gasteiger partial charge in [0, 0.05) is 48.8 Å². The van der Waals surface area contributed by atoms with Gasteiger partial charge in [0.15, 0.2) is 6.17 Å². The second-order valence-corrected chi connectivity index (χ2v) is 10.2. The first-order valence-electron chi connectivity index (χ1n) is 12.8. The highest BCUT2D eigenvalue weighted by Crippen LogP contribution is 2.39. The lowest BCUT2D eigenvalue weighted by molar-refractivity contribution is -0.130. The van der Waals surface area contributed by atoms with Crippen LogP contribution in [0.3, 0.4) is 0 Å². The van der Waals surface area contributed by atoms with Gasteiger partial charge in [-0.25, -0.2) is 27.8 Å². The normalized spacial score (nSPS) is 18.2. The molecule has 0 bridgehead atoms. The maximum atomic E-state index is 13.7. The van der Waals surface area contributed by atoms with Crippen molar-refractivity contribution in [2.24, 2.45) is 0 Å². The molecule has 0 aliphatic carbocycles. The maximum absolute atomic E-state index is 13.7. The lowest BCUT2D eigenvalue weighted by Gasteiger charge is -2.39. The van der Waals surface area contributed by atoms with E-state index in [9.17, 15) is 22.8 Å². The van der Waals surface area contributed by atoms with E-state index in [0.29, 0.717) is 30.1 Å². The van der Waals surface area contributed by atoms with Crippen LogP contribution in [0.25, 0.3) is 16.6 Å². The van der Waals surface area contributed by atoms with Crippen molar-refractivity contribution in [2.45, 2.75) is 44.7 Å². The van der Waals surface area contributed by atoms with E-state index in [1.165, 1.54) is 0 Å². The summed E-state index contributed by atoms with van der Waals surface area (Å²) in [5, 5.41) is 8.29. The molecular weight excluding hydrogens is 523 g/mol. The molecule has 0 spiro atoms. The van der Waals surface area contributed by atoms with Crippen LogP contribution in [0.4, 0.5) is 24.8 Å². The summed E-state index contributed by atoms with van der Waals surface area (Å²) in [6.07, 6.45) is -1.18. The number of amides is 2. The Morgan fingerprint density at radius 3 is 2.50 bits per heavy atom. The number of halogens is 3. The fourth-order valence-corrected chi connectivity index (χ4v) is 5.20. The van der Waals surface area contributed by atoms with Crippen molar-refractivity contribution in [3.63, 3.8) is 0 Å². The Balaban J connectivity index is 1.44. The number of nitrogens with zero attached hydrogens (tertiary/aromatic N) is 5. The highest BCUT2D eigenvalue weighted by molar-refractivity contribution is 6.04. The van der Waals surface area contributed by atoms with Gasteiger partial charge in [-0.15, -0.1) is 0 Å². The van der Waals surface area contributed by atoms with E-state index in [0.717, 1.165) is 42.3 Å². The van der Waals surface area contributed by atoms with Crippen molar-refractivity contribution >= 4 is 34.4 Å². The summed E-state index contributed by atoms with van der Waals surface area (Å²) in [7, 11) is 0.